The van der Waals surface area contributed by atoms with Crippen molar-refractivity contribution < 1.29 is 22.7 Å². The SMILES string of the molecule is CCOc1ccc(N(CC(=O)Nc2cccc(OCC)c2)S(=O)(=O)c2ccc(SC)cc2)cc1. The number of rotatable bonds is 11. The summed E-state index contributed by atoms with van der Waals surface area (Å²) in [5.41, 5.74) is 0.875. The number of amides is 1. The minimum atomic E-state index is -4.01. The Morgan fingerprint density at radius 1 is 0.912 bits per heavy atom. The van der Waals surface area contributed by atoms with Gasteiger partial charge in [-0.2, -0.15) is 0 Å². The van der Waals surface area contributed by atoms with E-state index in [1.807, 2.05) is 20.1 Å². The molecule has 0 bridgehead atoms. The Labute approximate surface area is 205 Å². The zero-order valence-corrected chi connectivity index (χ0v) is 21.0. The summed E-state index contributed by atoms with van der Waals surface area (Å²) < 4.78 is 39.1. The van der Waals surface area contributed by atoms with Gasteiger partial charge in [-0.15, -0.1) is 11.8 Å². The molecule has 0 aromatic heterocycles. The fraction of sp³-hybridized carbons (Fsp3) is 0.240. The van der Waals surface area contributed by atoms with Crippen molar-refractivity contribution in [2.24, 2.45) is 0 Å². The Morgan fingerprint density at radius 2 is 1.56 bits per heavy atom. The number of nitrogens with one attached hydrogen (secondary N) is 1. The number of hydrogen-bond acceptors (Lipinski definition) is 6. The highest BCUT2D eigenvalue weighted by molar-refractivity contribution is 7.98. The third-order valence-corrected chi connectivity index (χ3v) is 7.33. The van der Waals surface area contributed by atoms with Crippen molar-refractivity contribution in [3.05, 3.63) is 72.8 Å². The maximum Gasteiger partial charge on any atom is 0.264 e. The molecule has 0 saturated carbocycles. The van der Waals surface area contributed by atoms with Gasteiger partial charge in [0.1, 0.15) is 18.0 Å². The molecule has 0 unspecified atom stereocenters. The van der Waals surface area contributed by atoms with E-state index in [0.717, 1.165) is 9.20 Å². The number of thioether (sulfide) groups is 1. The maximum atomic E-state index is 13.6. The standard InChI is InChI=1S/C25H28N2O5S2/c1-4-31-21-11-9-20(10-12-21)27(34(29,30)24-15-13-23(33-3)14-16-24)18-25(28)26-19-7-6-8-22(17-19)32-5-2/h6-17H,4-5,18H2,1-3H3,(H,26,28). The van der Waals surface area contributed by atoms with Gasteiger partial charge in [0.05, 0.1) is 23.8 Å². The lowest BCUT2D eigenvalue weighted by Crippen LogP contribution is -2.38. The average Bonchev–Trinajstić information content (AvgIpc) is 2.84. The lowest BCUT2D eigenvalue weighted by atomic mass is 10.3. The number of carbonyl (C=O) groups is 1. The van der Waals surface area contributed by atoms with Gasteiger partial charge in [-0.25, -0.2) is 8.42 Å². The van der Waals surface area contributed by atoms with Crippen LogP contribution in [0.5, 0.6) is 11.5 Å². The van der Waals surface area contributed by atoms with Crippen LogP contribution in [0.25, 0.3) is 0 Å². The van der Waals surface area contributed by atoms with E-state index < -0.39 is 22.5 Å². The van der Waals surface area contributed by atoms with Crippen LogP contribution in [-0.4, -0.2) is 40.3 Å². The highest BCUT2D eigenvalue weighted by Crippen LogP contribution is 2.27. The fourth-order valence-corrected chi connectivity index (χ4v) is 5.06. The molecule has 0 aliphatic carbocycles. The van der Waals surface area contributed by atoms with Crippen LogP contribution in [0, 0.1) is 0 Å². The first-order valence-corrected chi connectivity index (χ1v) is 13.5. The van der Waals surface area contributed by atoms with Crippen molar-refractivity contribution in [1.29, 1.82) is 0 Å². The summed E-state index contributed by atoms with van der Waals surface area (Å²) in [7, 11) is -4.01. The van der Waals surface area contributed by atoms with Gasteiger partial charge in [0, 0.05) is 16.6 Å². The zero-order chi connectivity index (χ0) is 24.6. The number of hydrogen-bond donors (Lipinski definition) is 1. The van der Waals surface area contributed by atoms with Gasteiger partial charge >= 0.3 is 0 Å². The van der Waals surface area contributed by atoms with Crippen LogP contribution < -0.4 is 19.1 Å². The van der Waals surface area contributed by atoms with E-state index in [4.69, 9.17) is 9.47 Å². The molecule has 7 nitrogen and oxygen atoms in total. The van der Waals surface area contributed by atoms with Crippen LogP contribution in [0.4, 0.5) is 11.4 Å². The van der Waals surface area contributed by atoms with Crippen molar-refractivity contribution in [3.63, 3.8) is 0 Å². The number of nitrogens with zero attached hydrogens (tertiary/aromatic N) is 1. The Kier molecular flexibility index (Phi) is 8.84. The fourth-order valence-electron chi connectivity index (χ4n) is 3.23. The molecule has 0 aliphatic rings. The number of sulfonamides is 1. The van der Waals surface area contributed by atoms with E-state index in [1.165, 1.54) is 11.8 Å². The topological polar surface area (TPSA) is 84.9 Å². The van der Waals surface area contributed by atoms with Crippen molar-refractivity contribution in [2.45, 2.75) is 23.6 Å². The molecule has 0 saturated heterocycles. The van der Waals surface area contributed by atoms with E-state index in [2.05, 4.69) is 5.32 Å². The van der Waals surface area contributed by atoms with E-state index in [9.17, 15) is 13.2 Å². The summed E-state index contributed by atoms with van der Waals surface area (Å²) in [6, 6.07) is 20.2. The summed E-state index contributed by atoms with van der Waals surface area (Å²) >= 11 is 1.52. The highest BCUT2D eigenvalue weighted by atomic mass is 32.2. The summed E-state index contributed by atoms with van der Waals surface area (Å²) in [6.07, 6.45) is 1.92. The monoisotopic (exact) mass is 500 g/mol. The molecule has 180 valence electrons. The minimum Gasteiger partial charge on any atom is -0.494 e. The Morgan fingerprint density at radius 3 is 2.18 bits per heavy atom. The van der Waals surface area contributed by atoms with Crippen molar-refractivity contribution >= 4 is 39.1 Å². The molecule has 0 radical (unpaired) electrons. The van der Waals surface area contributed by atoms with Crippen LogP contribution in [0.1, 0.15) is 13.8 Å². The first-order valence-electron chi connectivity index (χ1n) is 10.8. The average molecular weight is 501 g/mol. The van der Waals surface area contributed by atoms with Crippen LogP contribution in [-0.2, 0) is 14.8 Å². The number of ether oxygens (including phenoxy) is 2. The van der Waals surface area contributed by atoms with Gasteiger partial charge in [-0.05, 0) is 80.8 Å². The predicted molar refractivity (Wildman–Crippen MR) is 137 cm³/mol. The highest BCUT2D eigenvalue weighted by Gasteiger charge is 2.27. The third-order valence-electron chi connectivity index (χ3n) is 4.80. The van der Waals surface area contributed by atoms with Gasteiger partial charge in [-0.3, -0.25) is 9.10 Å². The molecule has 3 rings (SSSR count). The smallest absolute Gasteiger partial charge is 0.264 e. The zero-order valence-electron chi connectivity index (χ0n) is 19.4. The maximum absolute atomic E-state index is 13.6. The van der Waals surface area contributed by atoms with E-state index in [1.54, 1.807) is 72.8 Å². The first-order chi connectivity index (χ1) is 16.4. The second-order valence-electron chi connectivity index (χ2n) is 7.12. The van der Waals surface area contributed by atoms with Gasteiger partial charge in [0.25, 0.3) is 10.0 Å². The Bertz CT molecular complexity index is 1200. The molecule has 1 N–H and O–H groups in total. The lowest BCUT2D eigenvalue weighted by molar-refractivity contribution is -0.114. The van der Waals surface area contributed by atoms with Crippen LogP contribution in [0.2, 0.25) is 0 Å². The summed E-state index contributed by atoms with van der Waals surface area (Å²) in [5, 5.41) is 2.76. The normalized spacial score (nSPS) is 11.0. The van der Waals surface area contributed by atoms with Gasteiger partial charge < -0.3 is 14.8 Å². The van der Waals surface area contributed by atoms with Crippen LogP contribution >= 0.6 is 11.8 Å². The van der Waals surface area contributed by atoms with Crippen molar-refractivity contribution in [1.82, 2.24) is 0 Å². The molecule has 0 spiro atoms. The molecule has 1 amide bonds. The molecule has 3 aromatic rings. The molecule has 3 aromatic carbocycles. The summed E-state index contributed by atoms with van der Waals surface area (Å²) in [5.74, 6) is 0.752. The Hall–Kier alpha value is -3.17. The van der Waals surface area contributed by atoms with Crippen LogP contribution in [0.15, 0.2) is 82.6 Å². The second kappa shape index (κ2) is 11.8. The van der Waals surface area contributed by atoms with Crippen molar-refractivity contribution in [2.75, 3.05) is 35.6 Å². The van der Waals surface area contributed by atoms with E-state index in [-0.39, 0.29) is 4.90 Å². The first kappa shape index (κ1) is 25.5. The van der Waals surface area contributed by atoms with Gasteiger partial charge in [0.2, 0.25) is 5.91 Å². The largest absolute Gasteiger partial charge is 0.494 e. The molecule has 0 atom stereocenters. The number of carbonyl (C=O) groups excluding carboxylic acids is 1. The van der Waals surface area contributed by atoms with E-state index in [0.29, 0.717) is 36.1 Å². The molecule has 9 heteroatoms. The number of benzene rings is 3. The molecule has 0 aliphatic heterocycles. The lowest BCUT2D eigenvalue weighted by Gasteiger charge is -2.24. The number of anilines is 2. The molecular formula is C25H28N2O5S2. The predicted octanol–water partition coefficient (Wildman–Crippen LogP) is 5.04. The van der Waals surface area contributed by atoms with Gasteiger partial charge in [-0.1, -0.05) is 6.07 Å². The second-order valence-corrected chi connectivity index (χ2v) is 9.87. The molecule has 0 fully saturated rings. The van der Waals surface area contributed by atoms with Crippen LogP contribution in [0.3, 0.4) is 0 Å². The minimum absolute atomic E-state index is 0.102. The quantitative estimate of drug-likeness (QED) is 0.371. The molecular weight excluding hydrogens is 472 g/mol. The van der Waals surface area contributed by atoms with Gasteiger partial charge in [0.15, 0.2) is 0 Å². The summed E-state index contributed by atoms with van der Waals surface area (Å²) in [4.78, 5) is 14.0. The summed E-state index contributed by atoms with van der Waals surface area (Å²) in [6.45, 7) is 4.33. The van der Waals surface area contributed by atoms with Crippen molar-refractivity contribution in [3.8, 4) is 11.5 Å². The third kappa shape index (κ3) is 6.45. The molecule has 34 heavy (non-hydrogen) atoms. The Balaban J connectivity index is 1.90. The molecule has 0 heterocycles. The van der Waals surface area contributed by atoms with E-state index >= 15 is 0 Å².